The Morgan fingerprint density at radius 1 is 1.67 bits per heavy atom. The molecule has 2 unspecified atom stereocenters. The first-order valence-electron chi connectivity index (χ1n) is 6.73. The molecule has 0 saturated carbocycles. The van der Waals surface area contributed by atoms with Gasteiger partial charge in [-0.2, -0.15) is 4.98 Å². The van der Waals surface area contributed by atoms with Crippen LogP contribution in [0.4, 0.5) is 5.82 Å². The molecule has 1 aromatic rings. The van der Waals surface area contributed by atoms with Gasteiger partial charge in [0.2, 0.25) is 0 Å². The molecule has 0 amide bonds. The van der Waals surface area contributed by atoms with Gasteiger partial charge in [0.25, 0.3) is 0 Å². The van der Waals surface area contributed by atoms with Crippen molar-refractivity contribution in [3.05, 3.63) is 22.7 Å². The Kier molecular flexibility index (Phi) is 4.59. The van der Waals surface area contributed by atoms with Crippen molar-refractivity contribution in [2.75, 3.05) is 12.3 Å². The monoisotopic (exact) mass is 297 g/mol. The molecular weight excluding hydrogens is 278 g/mol. The average molecular weight is 297 g/mol. The van der Waals surface area contributed by atoms with Crippen LogP contribution in [0.25, 0.3) is 0 Å². The zero-order valence-electron chi connectivity index (χ0n) is 11.9. The number of carbonyl (C=O) groups excluding carboxylic acids is 1. The van der Waals surface area contributed by atoms with Gasteiger partial charge in [-0.3, -0.25) is 9.36 Å². The van der Waals surface area contributed by atoms with Gasteiger partial charge < -0.3 is 20.3 Å². The zero-order valence-corrected chi connectivity index (χ0v) is 11.9. The third-order valence-electron chi connectivity index (χ3n) is 3.17. The smallest absolute Gasteiger partial charge is 0.351 e. The highest BCUT2D eigenvalue weighted by atomic mass is 16.6. The highest BCUT2D eigenvalue weighted by molar-refractivity contribution is 5.71. The molecule has 116 valence electrons. The molecule has 1 fully saturated rings. The van der Waals surface area contributed by atoms with Crippen molar-refractivity contribution in [2.24, 2.45) is 5.92 Å². The van der Waals surface area contributed by atoms with Crippen molar-refractivity contribution >= 4 is 11.8 Å². The Labute approximate surface area is 121 Å². The lowest BCUT2D eigenvalue weighted by Gasteiger charge is -2.17. The van der Waals surface area contributed by atoms with E-state index in [0.29, 0.717) is 0 Å². The van der Waals surface area contributed by atoms with Gasteiger partial charge in [0.05, 0.1) is 12.0 Å². The number of nitrogens with two attached hydrogens (primary N) is 1. The summed E-state index contributed by atoms with van der Waals surface area (Å²) < 4.78 is 11.8. The normalized spacial score (nSPS) is 25.2. The summed E-state index contributed by atoms with van der Waals surface area (Å²) in [7, 11) is 0. The molecule has 8 heteroatoms. The Balaban J connectivity index is 2.01. The van der Waals surface area contributed by atoms with Gasteiger partial charge in [-0.05, 0) is 6.07 Å². The largest absolute Gasteiger partial charge is 0.463 e. The van der Waals surface area contributed by atoms with E-state index in [2.05, 4.69) is 4.98 Å². The minimum atomic E-state index is -0.879. The number of aromatic nitrogens is 2. The first-order valence-corrected chi connectivity index (χ1v) is 6.73. The quantitative estimate of drug-likeness (QED) is 0.731. The summed E-state index contributed by atoms with van der Waals surface area (Å²) in [6.07, 6.45) is -0.505. The van der Waals surface area contributed by atoms with Crippen LogP contribution in [0.5, 0.6) is 0 Å². The standard InChI is InChI=1S/C13H19N3O5/c1-7(2)12(18)20-6-8-5-9(17)11(21-8)16-4-3-10(14)15-13(16)19/h3-4,7-9,11,17H,5-6H2,1-2H3,(H2,14,15,19)/t8?,9-,11?/m1/s1. The number of nitrogens with zero attached hydrogens (tertiary/aromatic N) is 2. The molecule has 21 heavy (non-hydrogen) atoms. The molecule has 0 radical (unpaired) electrons. The van der Waals surface area contributed by atoms with E-state index in [-0.39, 0.29) is 30.7 Å². The molecule has 3 atom stereocenters. The van der Waals surface area contributed by atoms with E-state index in [9.17, 15) is 14.7 Å². The van der Waals surface area contributed by atoms with Crippen molar-refractivity contribution in [1.82, 2.24) is 9.55 Å². The third kappa shape index (κ3) is 3.59. The van der Waals surface area contributed by atoms with E-state index in [1.54, 1.807) is 13.8 Å². The van der Waals surface area contributed by atoms with E-state index in [0.717, 1.165) is 0 Å². The fourth-order valence-corrected chi connectivity index (χ4v) is 2.05. The Hall–Kier alpha value is -1.93. The van der Waals surface area contributed by atoms with Crippen LogP contribution in [0, 0.1) is 5.92 Å². The van der Waals surface area contributed by atoms with Crippen LogP contribution in [0.15, 0.2) is 17.1 Å². The summed E-state index contributed by atoms with van der Waals surface area (Å²) in [4.78, 5) is 26.7. The second-order valence-corrected chi connectivity index (χ2v) is 5.28. The van der Waals surface area contributed by atoms with Gasteiger partial charge in [0.1, 0.15) is 18.5 Å². The van der Waals surface area contributed by atoms with E-state index >= 15 is 0 Å². The number of hydrogen-bond donors (Lipinski definition) is 2. The summed E-state index contributed by atoms with van der Waals surface area (Å²) in [5, 5.41) is 10.00. The maximum Gasteiger partial charge on any atom is 0.351 e. The molecule has 1 aromatic heterocycles. The highest BCUT2D eigenvalue weighted by Gasteiger charge is 2.36. The lowest BCUT2D eigenvalue weighted by molar-refractivity contribution is -0.152. The molecular formula is C13H19N3O5. The fourth-order valence-electron chi connectivity index (χ4n) is 2.05. The predicted molar refractivity (Wildman–Crippen MR) is 73.2 cm³/mol. The molecule has 1 aliphatic rings. The summed E-state index contributed by atoms with van der Waals surface area (Å²) in [5.74, 6) is -0.454. The van der Waals surface area contributed by atoms with Gasteiger partial charge in [0, 0.05) is 12.6 Å². The van der Waals surface area contributed by atoms with Gasteiger partial charge in [-0.1, -0.05) is 13.8 Å². The van der Waals surface area contributed by atoms with Gasteiger partial charge in [-0.25, -0.2) is 4.79 Å². The van der Waals surface area contributed by atoms with Crippen molar-refractivity contribution in [3.63, 3.8) is 0 Å². The van der Waals surface area contributed by atoms with Crippen LogP contribution in [-0.2, 0) is 14.3 Å². The topological polar surface area (TPSA) is 117 Å². The van der Waals surface area contributed by atoms with Crippen LogP contribution in [0.1, 0.15) is 26.5 Å². The highest BCUT2D eigenvalue weighted by Crippen LogP contribution is 2.28. The number of aliphatic hydroxyl groups excluding tert-OH is 1. The molecule has 8 nitrogen and oxygen atoms in total. The number of carbonyl (C=O) groups is 1. The maximum atomic E-state index is 11.7. The molecule has 0 bridgehead atoms. The Morgan fingerprint density at radius 2 is 2.38 bits per heavy atom. The van der Waals surface area contributed by atoms with E-state index in [4.69, 9.17) is 15.2 Å². The van der Waals surface area contributed by atoms with E-state index < -0.39 is 24.1 Å². The minimum Gasteiger partial charge on any atom is -0.463 e. The molecule has 1 saturated heterocycles. The van der Waals surface area contributed by atoms with Gasteiger partial charge in [0.15, 0.2) is 6.23 Å². The summed E-state index contributed by atoms with van der Waals surface area (Å²) in [6.45, 7) is 3.51. The minimum absolute atomic E-state index is 0.0434. The van der Waals surface area contributed by atoms with Crippen molar-refractivity contribution in [3.8, 4) is 0 Å². The lowest BCUT2D eigenvalue weighted by atomic mass is 10.2. The number of ether oxygens (including phenoxy) is 2. The molecule has 0 aromatic carbocycles. The second-order valence-electron chi connectivity index (χ2n) is 5.28. The Morgan fingerprint density at radius 3 is 3.00 bits per heavy atom. The van der Waals surface area contributed by atoms with Gasteiger partial charge in [-0.15, -0.1) is 0 Å². The van der Waals surface area contributed by atoms with E-state index in [1.165, 1.54) is 16.8 Å². The Bertz CT molecular complexity index is 571. The van der Waals surface area contributed by atoms with Crippen LogP contribution in [-0.4, -0.2) is 39.4 Å². The molecule has 2 rings (SSSR count). The maximum absolute atomic E-state index is 11.7. The number of aliphatic hydroxyl groups is 1. The number of esters is 1. The van der Waals surface area contributed by atoms with Crippen LogP contribution >= 0.6 is 0 Å². The van der Waals surface area contributed by atoms with Gasteiger partial charge >= 0.3 is 11.7 Å². The van der Waals surface area contributed by atoms with Crippen molar-refractivity contribution < 1.29 is 19.4 Å². The summed E-state index contributed by atoms with van der Waals surface area (Å²) >= 11 is 0. The first-order chi connectivity index (χ1) is 9.88. The van der Waals surface area contributed by atoms with E-state index in [1.807, 2.05) is 0 Å². The molecule has 0 spiro atoms. The lowest BCUT2D eigenvalue weighted by Crippen LogP contribution is -2.32. The van der Waals surface area contributed by atoms with Crippen molar-refractivity contribution in [1.29, 1.82) is 0 Å². The number of rotatable bonds is 4. The molecule has 3 N–H and O–H groups in total. The number of hydrogen-bond acceptors (Lipinski definition) is 7. The molecule has 1 aliphatic heterocycles. The van der Waals surface area contributed by atoms with Crippen LogP contribution < -0.4 is 11.4 Å². The molecule has 2 heterocycles. The fraction of sp³-hybridized carbons (Fsp3) is 0.615. The molecule has 0 aliphatic carbocycles. The van der Waals surface area contributed by atoms with Crippen molar-refractivity contribution in [2.45, 2.75) is 38.7 Å². The first kappa shape index (κ1) is 15.5. The SMILES string of the molecule is CC(C)C(=O)OCC1C[C@@H](O)C(n2ccc(N)nc2=O)O1. The third-order valence-corrected chi connectivity index (χ3v) is 3.17. The average Bonchev–Trinajstić information content (AvgIpc) is 2.77. The zero-order chi connectivity index (χ0) is 15.6. The number of anilines is 1. The summed E-state index contributed by atoms with van der Waals surface area (Å²) in [6, 6.07) is 1.45. The van der Waals surface area contributed by atoms with Crippen LogP contribution in [0.3, 0.4) is 0 Å². The predicted octanol–water partition coefficient (Wildman–Crippen LogP) is -0.327. The summed E-state index contributed by atoms with van der Waals surface area (Å²) in [5.41, 5.74) is 4.81. The van der Waals surface area contributed by atoms with Crippen LogP contribution in [0.2, 0.25) is 0 Å². The second kappa shape index (κ2) is 6.23. The number of nitrogen functional groups attached to an aromatic ring is 1.